The number of hydrogen-bond donors (Lipinski definition) is 1. The minimum atomic E-state index is -4.29. The van der Waals surface area contributed by atoms with Crippen molar-refractivity contribution in [2.45, 2.75) is 26.1 Å². The molecule has 0 amide bonds. The van der Waals surface area contributed by atoms with Crippen LogP contribution in [0.1, 0.15) is 29.7 Å². The van der Waals surface area contributed by atoms with E-state index >= 15 is 0 Å². The molecule has 1 atom stereocenters. The summed E-state index contributed by atoms with van der Waals surface area (Å²) in [7, 11) is 1.57. The summed E-state index contributed by atoms with van der Waals surface area (Å²) in [6.45, 7) is 4.79. The fourth-order valence-corrected chi connectivity index (χ4v) is 1.91. The Hall–Kier alpha value is -1.07. The van der Waals surface area contributed by atoms with E-state index in [0.29, 0.717) is 12.2 Å². The molecule has 0 spiro atoms. The van der Waals surface area contributed by atoms with E-state index in [1.54, 1.807) is 14.0 Å². The van der Waals surface area contributed by atoms with Gasteiger partial charge in [-0.25, -0.2) is 0 Å². The van der Waals surface area contributed by atoms with Crippen LogP contribution in [-0.4, -0.2) is 20.3 Å². The van der Waals surface area contributed by atoms with Crippen molar-refractivity contribution in [1.82, 2.24) is 5.32 Å². The van der Waals surface area contributed by atoms with E-state index < -0.39 is 11.7 Å². The van der Waals surface area contributed by atoms with Gasteiger partial charge in [-0.1, -0.05) is 13.0 Å². The van der Waals surface area contributed by atoms with E-state index in [4.69, 9.17) is 4.74 Å². The van der Waals surface area contributed by atoms with E-state index in [-0.39, 0.29) is 6.04 Å². The molecular weight excluding hydrogens is 243 g/mol. The molecule has 0 saturated heterocycles. The fraction of sp³-hybridized carbons (Fsp3) is 0.538. The van der Waals surface area contributed by atoms with Gasteiger partial charge in [0.05, 0.1) is 18.2 Å². The highest BCUT2D eigenvalue weighted by atomic mass is 19.4. The van der Waals surface area contributed by atoms with Crippen molar-refractivity contribution < 1.29 is 17.9 Å². The number of alkyl halides is 3. The maximum Gasteiger partial charge on any atom is 0.416 e. The van der Waals surface area contributed by atoms with Crippen LogP contribution in [0.4, 0.5) is 13.2 Å². The lowest BCUT2D eigenvalue weighted by Crippen LogP contribution is -2.25. The molecular formula is C13H18F3NO. The zero-order chi connectivity index (χ0) is 13.8. The molecule has 0 radical (unpaired) electrons. The average Bonchev–Trinajstić information content (AvgIpc) is 2.27. The summed E-state index contributed by atoms with van der Waals surface area (Å²) in [5, 5.41) is 3.19. The highest BCUT2D eigenvalue weighted by Gasteiger charge is 2.31. The summed E-state index contributed by atoms with van der Waals surface area (Å²) in [6.07, 6.45) is -4.29. The Labute approximate surface area is 105 Å². The molecule has 0 heterocycles. The Morgan fingerprint density at radius 3 is 2.44 bits per heavy atom. The van der Waals surface area contributed by atoms with Crippen LogP contribution in [0, 0.1) is 6.92 Å². The van der Waals surface area contributed by atoms with Crippen LogP contribution in [0.25, 0.3) is 0 Å². The quantitative estimate of drug-likeness (QED) is 0.878. The maximum absolute atomic E-state index is 12.6. The molecule has 0 aliphatic heterocycles. The first-order valence-electron chi connectivity index (χ1n) is 5.80. The van der Waals surface area contributed by atoms with Crippen LogP contribution >= 0.6 is 0 Å². The predicted octanol–water partition coefficient (Wildman–Crippen LogP) is 3.31. The molecule has 0 saturated carbocycles. The maximum atomic E-state index is 12.6. The lowest BCUT2D eigenvalue weighted by molar-refractivity contribution is -0.137. The SMILES string of the molecule is CCNC(COC)c1ccc(C(F)(F)F)cc1C. The van der Waals surface area contributed by atoms with Crippen LogP contribution < -0.4 is 5.32 Å². The number of benzene rings is 1. The van der Waals surface area contributed by atoms with Crippen molar-refractivity contribution in [1.29, 1.82) is 0 Å². The highest BCUT2D eigenvalue weighted by Crippen LogP contribution is 2.31. The van der Waals surface area contributed by atoms with Gasteiger partial charge in [0.1, 0.15) is 0 Å². The zero-order valence-corrected chi connectivity index (χ0v) is 10.8. The molecule has 1 N–H and O–H groups in total. The smallest absolute Gasteiger partial charge is 0.383 e. The van der Waals surface area contributed by atoms with Crippen LogP contribution in [0.3, 0.4) is 0 Å². The Balaban J connectivity index is 3.03. The first-order chi connectivity index (χ1) is 8.40. The summed E-state index contributed by atoms with van der Waals surface area (Å²) < 4.78 is 42.7. The van der Waals surface area contributed by atoms with Crippen molar-refractivity contribution in [3.8, 4) is 0 Å². The van der Waals surface area contributed by atoms with Gasteiger partial charge in [-0.3, -0.25) is 0 Å². The Kier molecular flexibility index (Phi) is 5.16. The van der Waals surface area contributed by atoms with Crippen LogP contribution in [0.15, 0.2) is 18.2 Å². The van der Waals surface area contributed by atoms with Gasteiger partial charge in [0.25, 0.3) is 0 Å². The van der Waals surface area contributed by atoms with Gasteiger partial charge in [-0.05, 0) is 36.7 Å². The molecule has 1 unspecified atom stereocenters. The van der Waals surface area contributed by atoms with Crippen LogP contribution in [-0.2, 0) is 10.9 Å². The van der Waals surface area contributed by atoms with Gasteiger partial charge in [-0.2, -0.15) is 13.2 Å². The first-order valence-corrected chi connectivity index (χ1v) is 5.80. The van der Waals surface area contributed by atoms with Crippen molar-refractivity contribution in [2.75, 3.05) is 20.3 Å². The van der Waals surface area contributed by atoms with E-state index in [1.165, 1.54) is 12.1 Å². The normalized spacial score (nSPS) is 13.7. The van der Waals surface area contributed by atoms with Gasteiger partial charge in [0, 0.05) is 7.11 Å². The summed E-state index contributed by atoms with van der Waals surface area (Å²) in [4.78, 5) is 0. The van der Waals surface area contributed by atoms with E-state index in [2.05, 4.69) is 5.32 Å². The zero-order valence-electron chi connectivity index (χ0n) is 10.8. The minimum absolute atomic E-state index is 0.0812. The monoisotopic (exact) mass is 261 g/mol. The van der Waals surface area contributed by atoms with Gasteiger partial charge >= 0.3 is 6.18 Å². The molecule has 0 fully saturated rings. The molecule has 0 aliphatic carbocycles. The van der Waals surface area contributed by atoms with Crippen LogP contribution in [0.5, 0.6) is 0 Å². The molecule has 0 bridgehead atoms. The number of rotatable bonds is 5. The molecule has 2 nitrogen and oxygen atoms in total. The molecule has 1 aromatic carbocycles. The number of aryl methyl sites for hydroxylation is 1. The van der Waals surface area contributed by atoms with Crippen molar-refractivity contribution in [2.24, 2.45) is 0 Å². The van der Waals surface area contributed by atoms with Crippen molar-refractivity contribution >= 4 is 0 Å². The summed E-state index contributed by atoms with van der Waals surface area (Å²) >= 11 is 0. The summed E-state index contributed by atoms with van der Waals surface area (Å²) in [5.41, 5.74) is 0.843. The Bertz CT molecular complexity index is 384. The lowest BCUT2D eigenvalue weighted by atomic mass is 9.99. The summed E-state index contributed by atoms with van der Waals surface area (Å²) in [5.74, 6) is 0. The number of likely N-dealkylation sites (N-methyl/N-ethyl adjacent to an activating group) is 1. The third-order valence-corrected chi connectivity index (χ3v) is 2.76. The topological polar surface area (TPSA) is 21.3 Å². The molecule has 1 rings (SSSR count). The Morgan fingerprint density at radius 2 is 2.00 bits per heavy atom. The van der Waals surface area contributed by atoms with E-state index in [0.717, 1.165) is 18.2 Å². The third-order valence-electron chi connectivity index (χ3n) is 2.76. The minimum Gasteiger partial charge on any atom is -0.383 e. The Morgan fingerprint density at radius 1 is 1.33 bits per heavy atom. The van der Waals surface area contributed by atoms with Crippen LogP contribution in [0.2, 0.25) is 0 Å². The van der Waals surface area contributed by atoms with E-state index in [9.17, 15) is 13.2 Å². The number of halogens is 3. The highest BCUT2D eigenvalue weighted by molar-refractivity contribution is 5.34. The predicted molar refractivity (Wildman–Crippen MR) is 64.5 cm³/mol. The molecule has 18 heavy (non-hydrogen) atoms. The standard InChI is InChI=1S/C13H18F3NO/c1-4-17-12(8-18-3)11-6-5-10(7-9(11)2)13(14,15)16/h5-7,12,17H,4,8H2,1-3H3. The summed E-state index contributed by atoms with van der Waals surface area (Å²) in [6, 6.07) is 3.73. The second kappa shape index (κ2) is 6.20. The fourth-order valence-electron chi connectivity index (χ4n) is 1.91. The largest absolute Gasteiger partial charge is 0.416 e. The number of methoxy groups -OCH3 is 1. The molecule has 102 valence electrons. The number of hydrogen-bond acceptors (Lipinski definition) is 2. The molecule has 0 aromatic heterocycles. The second-order valence-electron chi connectivity index (χ2n) is 4.13. The molecule has 0 aliphatic rings. The van der Waals surface area contributed by atoms with Gasteiger partial charge in [0.2, 0.25) is 0 Å². The third kappa shape index (κ3) is 3.71. The van der Waals surface area contributed by atoms with Crippen molar-refractivity contribution in [3.05, 3.63) is 34.9 Å². The molecule has 5 heteroatoms. The number of ether oxygens (including phenoxy) is 1. The molecule has 1 aromatic rings. The average molecular weight is 261 g/mol. The van der Waals surface area contributed by atoms with Gasteiger partial charge in [-0.15, -0.1) is 0 Å². The first kappa shape index (κ1) is 15.0. The van der Waals surface area contributed by atoms with Gasteiger partial charge in [0.15, 0.2) is 0 Å². The second-order valence-corrected chi connectivity index (χ2v) is 4.13. The number of nitrogens with one attached hydrogen (secondary N) is 1. The van der Waals surface area contributed by atoms with Crippen molar-refractivity contribution in [3.63, 3.8) is 0 Å². The van der Waals surface area contributed by atoms with E-state index in [1.807, 2.05) is 6.92 Å². The lowest BCUT2D eigenvalue weighted by Gasteiger charge is -2.20. The van der Waals surface area contributed by atoms with Gasteiger partial charge < -0.3 is 10.1 Å².